The first-order chi connectivity index (χ1) is 12.6. The lowest BCUT2D eigenvalue weighted by Gasteiger charge is -2.37. The smallest absolute Gasteiger partial charge is 0.263 e. The summed E-state index contributed by atoms with van der Waals surface area (Å²) in [5, 5.41) is 0.722. The fourth-order valence-corrected chi connectivity index (χ4v) is 3.26. The van der Waals surface area contributed by atoms with Crippen LogP contribution in [0.1, 0.15) is 6.92 Å². The van der Waals surface area contributed by atoms with Crippen LogP contribution in [0.15, 0.2) is 48.5 Å². The van der Waals surface area contributed by atoms with E-state index in [1.54, 1.807) is 20.1 Å². The minimum absolute atomic E-state index is 0.0124. The Bertz CT molecular complexity index is 760. The van der Waals surface area contributed by atoms with Gasteiger partial charge in [-0.25, -0.2) is 0 Å². The zero-order chi connectivity index (χ0) is 18.5. The zero-order valence-electron chi connectivity index (χ0n) is 15.0. The molecule has 0 aliphatic carbocycles. The molecule has 6 heteroatoms. The molecule has 138 valence electrons. The van der Waals surface area contributed by atoms with Crippen molar-refractivity contribution in [2.45, 2.75) is 13.0 Å². The first-order valence-electron chi connectivity index (χ1n) is 8.67. The van der Waals surface area contributed by atoms with E-state index in [4.69, 9.17) is 21.1 Å². The van der Waals surface area contributed by atoms with Crippen LogP contribution >= 0.6 is 11.6 Å². The van der Waals surface area contributed by atoms with Crippen LogP contribution in [-0.4, -0.2) is 50.2 Å². The van der Waals surface area contributed by atoms with Gasteiger partial charge in [-0.05, 0) is 37.3 Å². The predicted molar refractivity (Wildman–Crippen MR) is 103 cm³/mol. The summed E-state index contributed by atoms with van der Waals surface area (Å²) in [6.45, 7) is 4.63. The number of hydrogen-bond acceptors (Lipinski definition) is 4. The number of anilines is 1. The van der Waals surface area contributed by atoms with Crippen molar-refractivity contribution in [1.82, 2.24) is 4.90 Å². The fraction of sp³-hybridized carbons (Fsp3) is 0.350. The van der Waals surface area contributed by atoms with Crippen LogP contribution in [0.3, 0.4) is 0 Å². The summed E-state index contributed by atoms with van der Waals surface area (Å²) >= 11 is 6.07. The van der Waals surface area contributed by atoms with Gasteiger partial charge in [-0.1, -0.05) is 29.8 Å². The molecular formula is C20H23ClN2O3. The molecule has 0 unspecified atom stereocenters. The van der Waals surface area contributed by atoms with E-state index in [9.17, 15) is 4.79 Å². The molecule has 0 aromatic heterocycles. The Morgan fingerprint density at radius 3 is 2.38 bits per heavy atom. The SMILES string of the molecule is COc1ccccc1O[C@@H](C)C(=O)N1CCN(c2cccc(Cl)c2)CC1. The first-order valence-corrected chi connectivity index (χ1v) is 9.05. The summed E-state index contributed by atoms with van der Waals surface area (Å²) < 4.78 is 11.1. The molecule has 26 heavy (non-hydrogen) atoms. The molecule has 0 saturated carbocycles. The summed E-state index contributed by atoms with van der Waals surface area (Å²) in [4.78, 5) is 16.8. The van der Waals surface area contributed by atoms with Crippen LogP contribution in [-0.2, 0) is 4.79 Å². The third-order valence-corrected chi connectivity index (χ3v) is 4.72. The molecule has 1 amide bonds. The van der Waals surface area contributed by atoms with Crippen molar-refractivity contribution in [3.05, 3.63) is 53.6 Å². The molecule has 2 aromatic rings. The number of piperazine rings is 1. The van der Waals surface area contributed by atoms with Crippen LogP contribution in [0.5, 0.6) is 11.5 Å². The number of benzene rings is 2. The Kier molecular flexibility index (Phi) is 5.89. The highest BCUT2D eigenvalue weighted by Crippen LogP contribution is 2.27. The average Bonchev–Trinajstić information content (AvgIpc) is 2.68. The van der Waals surface area contributed by atoms with Gasteiger partial charge in [0.15, 0.2) is 17.6 Å². The van der Waals surface area contributed by atoms with Crippen molar-refractivity contribution < 1.29 is 14.3 Å². The Hall–Kier alpha value is -2.40. The summed E-state index contributed by atoms with van der Waals surface area (Å²) in [6.07, 6.45) is -0.566. The Morgan fingerprint density at radius 1 is 1.04 bits per heavy atom. The van der Waals surface area contributed by atoms with Crippen molar-refractivity contribution >= 4 is 23.2 Å². The van der Waals surface area contributed by atoms with Gasteiger partial charge < -0.3 is 19.3 Å². The maximum absolute atomic E-state index is 12.7. The van der Waals surface area contributed by atoms with Gasteiger partial charge in [-0.2, -0.15) is 0 Å². The minimum atomic E-state index is -0.566. The number of nitrogens with zero attached hydrogens (tertiary/aromatic N) is 2. The highest BCUT2D eigenvalue weighted by atomic mass is 35.5. The lowest BCUT2D eigenvalue weighted by Crippen LogP contribution is -2.52. The van der Waals surface area contributed by atoms with Gasteiger partial charge in [0.05, 0.1) is 7.11 Å². The molecule has 3 rings (SSSR count). The molecule has 1 fully saturated rings. The number of ether oxygens (including phenoxy) is 2. The first kappa shape index (κ1) is 18.4. The maximum Gasteiger partial charge on any atom is 0.263 e. The maximum atomic E-state index is 12.7. The molecule has 1 saturated heterocycles. The number of carbonyl (C=O) groups excluding carboxylic acids is 1. The monoisotopic (exact) mass is 374 g/mol. The lowest BCUT2D eigenvalue weighted by molar-refractivity contribution is -0.138. The minimum Gasteiger partial charge on any atom is -0.493 e. The molecular weight excluding hydrogens is 352 g/mol. The van der Waals surface area contributed by atoms with E-state index in [1.165, 1.54) is 0 Å². The van der Waals surface area contributed by atoms with Crippen molar-refractivity contribution in [3.8, 4) is 11.5 Å². The van der Waals surface area contributed by atoms with E-state index < -0.39 is 6.10 Å². The van der Waals surface area contributed by atoms with E-state index in [0.29, 0.717) is 24.6 Å². The van der Waals surface area contributed by atoms with Gasteiger partial charge in [-0.15, -0.1) is 0 Å². The second-order valence-corrected chi connectivity index (χ2v) is 6.64. The van der Waals surface area contributed by atoms with Crippen LogP contribution in [0.25, 0.3) is 0 Å². The van der Waals surface area contributed by atoms with Crippen molar-refractivity contribution in [2.24, 2.45) is 0 Å². The highest BCUT2D eigenvalue weighted by molar-refractivity contribution is 6.30. The molecule has 0 radical (unpaired) electrons. The standard InChI is InChI=1S/C20H23ClN2O3/c1-15(26-19-9-4-3-8-18(19)25-2)20(24)23-12-10-22(11-13-23)17-7-5-6-16(21)14-17/h3-9,14-15H,10-13H2,1-2H3/t15-/m0/s1. The summed E-state index contributed by atoms with van der Waals surface area (Å²) in [7, 11) is 1.59. The molecule has 1 heterocycles. The van der Waals surface area contributed by atoms with Gasteiger partial charge in [0.25, 0.3) is 5.91 Å². The Balaban J connectivity index is 1.57. The normalized spacial score (nSPS) is 15.5. The Labute approximate surface area is 159 Å². The van der Waals surface area contributed by atoms with Gasteiger partial charge in [-0.3, -0.25) is 4.79 Å². The third kappa shape index (κ3) is 4.22. The van der Waals surface area contributed by atoms with Crippen LogP contribution in [0.2, 0.25) is 5.02 Å². The van der Waals surface area contributed by atoms with E-state index in [0.717, 1.165) is 23.8 Å². The average molecular weight is 375 g/mol. The van der Waals surface area contributed by atoms with Crippen LogP contribution < -0.4 is 14.4 Å². The number of halogens is 1. The van der Waals surface area contributed by atoms with E-state index in [-0.39, 0.29) is 5.91 Å². The number of carbonyl (C=O) groups is 1. The summed E-state index contributed by atoms with van der Waals surface area (Å²) in [6, 6.07) is 15.1. The number of hydrogen-bond donors (Lipinski definition) is 0. The van der Waals surface area contributed by atoms with E-state index in [1.807, 2.05) is 47.4 Å². The fourth-order valence-electron chi connectivity index (χ4n) is 3.07. The molecule has 1 aliphatic heterocycles. The van der Waals surface area contributed by atoms with Crippen LogP contribution in [0, 0.1) is 0 Å². The van der Waals surface area contributed by atoms with E-state index >= 15 is 0 Å². The number of para-hydroxylation sites is 2. The zero-order valence-corrected chi connectivity index (χ0v) is 15.8. The topological polar surface area (TPSA) is 42.0 Å². The molecule has 0 N–H and O–H groups in total. The third-order valence-electron chi connectivity index (χ3n) is 4.49. The lowest BCUT2D eigenvalue weighted by atomic mass is 10.2. The predicted octanol–water partition coefficient (Wildman–Crippen LogP) is 3.46. The Morgan fingerprint density at radius 2 is 1.73 bits per heavy atom. The molecule has 0 bridgehead atoms. The number of methoxy groups -OCH3 is 1. The number of amides is 1. The summed E-state index contributed by atoms with van der Waals surface area (Å²) in [5.41, 5.74) is 1.09. The van der Waals surface area contributed by atoms with Crippen molar-refractivity contribution in [2.75, 3.05) is 38.2 Å². The highest BCUT2D eigenvalue weighted by Gasteiger charge is 2.26. The van der Waals surface area contributed by atoms with Crippen molar-refractivity contribution in [3.63, 3.8) is 0 Å². The van der Waals surface area contributed by atoms with Gasteiger partial charge in [0, 0.05) is 36.9 Å². The second-order valence-electron chi connectivity index (χ2n) is 6.20. The molecule has 1 atom stereocenters. The van der Waals surface area contributed by atoms with Gasteiger partial charge in [0.1, 0.15) is 0 Å². The largest absolute Gasteiger partial charge is 0.493 e. The molecule has 2 aromatic carbocycles. The second kappa shape index (κ2) is 8.32. The quantitative estimate of drug-likeness (QED) is 0.803. The molecule has 0 spiro atoms. The molecule has 1 aliphatic rings. The van der Waals surface area contributed by atoms with E-state index in [2.05, 4.69) is 4.90 Å². The molecule has 5 nitrogen and oxygen atoms in total. The number of rotatable bonds is 5. The van der Waals surface area contributed by atoms with Crippen LogP contribution in [0.4, 0.5) is 5.69 Å². The summed E-state index contributed by atoms with van der Waals surface area (Å²) in [5.74, 6) is 1.19. The van der Waals surface area contributed by atoms with Gasteiger partial charge >= 0.3 is 0 Å². The van der Waals surface area contributed by atoms with Crippen molar-refractivity contribution in [1.29, 1.82) is 0 Å². The van der Waals surface area contributed by atoms with Gasteiger partial charge in [0.2, 0.25) is 0 Å².